The van der Waals surface area contributed by atoms with Crippen LogP contribution in [0.1, 0.15) is 67.4 Å². The number of aliphatic hydroxyl groups excluding tert-OH is 1. The number of rotatable bonds is 15. The Bertz CT molecular complexity index is 897. The normalized spacial score (nSPS) is 17.5. The van der Waals surface area contributed by atoms with Crippen LogP contribution in [0, 0.1) is 5.92 Å². The summed E-state index contributed by atoms with van der Waals surface area (Å²) >= 11 is 0. The van der Waals surface area contributed by atoms with Gasteiger partial charge in [-0.2, -0.15) is 0 Å². The van der Waals surface area contributed by atoms with E-state index in [1.807, 2.05) is 36.4 Å². The summed E-state index contributed by atoms with van der Waals surface area (Å²) in [5, 5.41) is 11.8. The van der Waals surface area contributed by atoms with Gasteiger partial charge in [0.1, 0.15) is 18.0 Å². The summed E-state index contributed by atoms with van der Waals surface area (Å²) in [6.45, 7) is 31.0. The van der Waals surface area contributed by atoms with Crippen molar-refractivity contribution in [1.82, 2.24) is 0 Å². The lowest BCUT2D eigenvalue weighted by Gasteiger charge is -2.41. The van der Waals surface area contributed by atoms with Gasteiger partial charge in [-0.15, -0.1) is 6.58 Å². The van der Waals surface area contributed by atoms with E-state index in [4.69, 9.17) is 18.3 Å². The van der Waals surface area contributed by atoms with E-state index in [1.165, 1.54) is 0 Å². The number of methoxy groups -OCH3 is 1. The van der Waals surface area contributed by atoms with E-state index in [-0.39, 0.29) is 22.1 Å². The van der Waals surface area contributed by atoms with E-state index in [1.54, 1.807) is 7.11 Å². The molecule has 0 aliphatic carbocycles. The maximum absolute atomic E-state index is 11.7. The van der Waals surface area contributed by atoms with Gasteiger partial charge in [0.25, 0.3) is 0 Å². The number of aliphatic hydroxyl groups is 1. The first-order valence-electron chi connectivity index (χ1n) is 14.3. The molecule has 1 aromatic carbocycles. The molecule has 224 valence electrons. The molecule has 0 saturated carbocycles. The lowest BCUT2D eigenvalue weighted by Crippen LogP contribution is -2.49. The average Bonchev–Trinajstić information content (AvgIpc) is 2.81. The summed E-state index contributed by atoms with van der Waals surface area (Å²) in [4.78, 5) is 0. The number of hydrogen-bond acceptors (Lipinski definition) is 5. The molecular formula is C32H58O5Si2. The van der Waals surface area contributed by atoms with Gasteiger partial charge in [-0.05, 0) is 73.2 Å². The molecule has 0 heterocycles. The minimum atomic E-state index is -2.14. The van der Waals surface area contributed by atoms with Crippen LogP contribution in [0.15, 0.2) is 49.1 Å². The predicted octanol–water partition coefficient (Wildman–Crippen LogP) is 8.51. The van der Waals surface area contributed by atoms with Crippen LogP contribution in [-0.4, -0.2) is 53.3 Å². The van der Waals surface area contributed by atoms with Gasteiger partial charge < -0.3 is 23.4 Å². The van der Waals surface area contributed by atoms with Crippen LogP contribution in [-0.2, 0) is 20.2 Å². The summed E-state index contributed by atoms with van der Waals surface area (Å²) in [5.74, 6) is 0.950. The van der Waals surface area contributed by atoms with Crippen molar-refractivity contribution in [2.24, 2.45) is 5.92 Å². The first-order chi connectivity index (χ1) is 17.8. The lowest BCUT2D eigenvalue weighted by molar-refractivity contribution is -0.0699. The fourth-order valence-corrected chi connectivity index (χ4v) is 6.40. The van der Waals surface area contributed by atoms with Crippen molar-refractivity contribution in [3.8, 4) is 5.75 Å². The van der Waals surface area contributed by atoms with E-state index in [2.05, 4.69) is 94.2 Å². The maximum Gasteiger partial charge on any atom is 0.192 e. The van der Waals surface area contributed by atoms with Crippen LogP contribution in [0.2, 0.25) is 36.3 Å². The van der Waals surface area contributed by atoms with Crippen molar-refractivity contribution in [1.29, 1.82) is 0 Å². The van der Waals surface area contributed by atoms with Gasteiger partial charge in [-0.1, -0.05) is 78.8 Å². The second kappa shape index (κ2) is 14.6. The number of ether oxygens (including phenoxy) is 2. The highest BCUT2D eigenvalue weighted by Gasteiger charge is 2.42. The summed E-state index contributed by atoms with van der Waals surface area (Å²) in [7, 11) is -2.38. The molecule has 1 aromatic rings. The van der Waals surface area contributed by atoms with Crippen LogP contribution in [0.4, 0.5) is 0 Å². The van der Waals surface area contributed by atoms with E-state index in [0.29, 0.717) is 13.0 Å². The molecule has 1 N–H and O–H groups in total. The Kier molecular flexibility index (Phi) is 13.4. The highest BCUT2D eigenvalue weighted by Crippen LogP contribution is 2.39. The standard InChI is InChI=1S/C32H58O5Si2/c1-15-16-29(37-39(13,14)32(7,8)9)30(33)28(35-23-26-18-20-27(34-10)21-19-26)22-17-24(2)25(3)36-38(11,12)31(4,5)6/h15,17-22,24-25,28-30,33H,1,16,23H2,2-14H3/t24-,25-,28-,29+,30+/m1/s1. The molecule has 1 rings (SSSR count). The van der Waals surface area contributed by atoms with Gasteiger partial charge in [-0.3, -0.25) is 0 Å². The first-order valence-corrected chi connectivity index (χ1v) is 20.1. The molecule has 0 aliphatic rings. The highest BCUT2D eigenvalue weighted by molar-refractivity contribution is 6.74. The monoisotopic (exact) mass is 578 g/mol. The Morgan fingerprint density at radius 1 is 0.872 bits per heavy atom. The van der Waals surface area contributed by atoms with Crippen molar-refractivity contribution in [2.75, 3.05) is 7.11 Å². The summed E-state index contributed by atoms with van der Waals surface area (Å²) in [5.41, 5.74) is 1.01. The van der Waals surface area contributed by atoms with E-state index in [9.17, 15) is 5.11 Å². The van der Waals surface area contributed by atoms with Crippen molar-refractivity contribution in [3.63, 3.8) is 0 Å². The lowest BCUT2D eigenvalue weighted by atomic mass is 10.0. The molecule has 0 fully saturated rings. The third kappa shape index (κ3) is 10.9. The maximum atomic E-state index is 11.7. The molecule has 0 amide bonds. The Morgan fingerprint density at radius 2 is 1.38 bits per heavy atom. The van der Waals surface area contributed by atoms with Crippen molar-refractivity contribution >= 4 is 16.6 Å². The molecule has 5 nitrogen and oxygen atoms in total. The largest absolute Gasteiger partial charge is 0.497 e. The van der Waals surface area contributed by atoms with Gasteiger partial charge in [0.05, 0.1) is 19.8 Å². The second-order valence-electron chi connectivity index (χ2n) is 13.9. The molecule has 0 bridgehead atoms. The molecule has 5 atom stereocenters. The molecule has 7 heteroatoms. The van der Waals surface area contributed by atoms with Gasteiger partial charge >= 0.3 is 0 Å². The van der Waals surface area contributed by atoms with Gasteiger partial charge in [0.2, 0.25) is 0 Å². The molecule has 0 aromatic heterocycles. The van der Waals surface area contributed by atoms with Crippen LogP contribution in [0.25, 0.3) is 0 Å². The Labute approximate surface area is 242 Å². The second-order valence-corrected chi connectivity index (χ2v) is 23.4. The first kappa shape index (κ1) is 35.8. The molecule has 0 spiro atoms. The van der Waals surface area contributed by atoms with Crippen molar-refractivity contribution < 1.29 is 23.4 Å². The summed E-state index contributed by atoms with van der Waals surface area (Å²) in [6.07, 6.45) is 4.72. The molecule has 0 unspecified atom stereocenters. The van der Waals surface area contributed by atoms with E-state index >= 15 is 0 Å². The molecule has 0 saturated heterocycles. The van der Waals surface area contributed by atoms with Gasteiger partial charge in [-0.25, -0.2) is 0 Å². The van der Waals surface area contributed by atoms with Crippen LogP contribution in [0.5, 0.6) is 5.75 Å². The van der Waals surface area contributed by atoms with Gasteiger partial charge in [0.15, 0.2) is 16.6 Å². The highest BCUT2D eigenvalue weighted by atomic mass is 28.4. The number of hydrogen-bond donors (Lipinski definition) is 1. The zero-order chi connectivity index (χ0) is 30.2. The topological polar surface area (TPSA) is 57.2 Å². The fraction of sp³-hybridized carbons (Fsp3) is 0.688. The van der Waals surface area contributed by atoms with Crippen LogP contribution < -0.4 is 4.74 Å². The van der Waals surface area contributed by atoms with Crippen LogP contribution >= 0.6 is 0 Å². The molecule has 0 aliphatic heterocycles. The predicted molar refractivity (Wildman–Crippen MR) is 171 cm³/mol. The zero-order valence-corrected chi connectivity index (χ0v) is 29.1. The minimum absolute atomic E-state index is 0.0203. The summed E-state index contributed by atoms with van der Waals surface area (Å²) in [6, 6.07) is 7.81. The Hall–Kier alpha value is -1.23. The molecular weight excluding hydrogens is 521 g/mol. The Morgan fingerprint density at radius 3 is 1.85 bits per heavy atom. The van der Waals surface area contributed by atoms with Crippen molar-refractivity contribution in [3.05, 3.63) is 54.6 Å². The third-order valence-corrected chi connectivity index (χ3v) is 17.7. The van der Waals surface area contributed by atoms with Crippen LogP contribution in [0.3, 0.4) is 0 Å². The van der Waals surface area contributed by atoms with E-state index in [0.717, 1.165) is 11.3 Å². The number of benzene rings is 1. The molecule has 39 heavy (non-hydrogen) atoms. The zero-order valence-electron chi connectivity index (χ0n) is 27.1. The quantitative estimate of drug-likeness (QED) is 0.167. The third-order valence-electron chi connectivity index (χ3n) is 8.60. The SMILES string of the molecule is C=CC[C@H](O[Si](C)(C)C(C)(C)C)[C@@H](O)[C@@H](C=C[C@@H](C)[C@@H](C)O[Si](C)(C)C(C)(C)C)OCc1ccc(OC)cc1. The minimum Gasteiger partial charge on any atom is -0.497 e. The van der Waals surface area contributed by atoms with Crippen molar-refractivity contribution in [2.45, 2.75) is 129 Å². The van der Waals surface area contributed by atoms with Gasteiger partial charge in [0, 0.05) is 6.10 Å². The average molecular weight is 579 g/mol. The fourth-order valence-electron chi connectivity index (χ4n) is 3.56. The van der Waals surface area contributed by atoms with E-state index < -0.39 is 34.9 Å². The smallest absolute Gasteiger partial charge is 0.192 e. The molecule has 0 radical (unpaired) electrons. The Balaban J connectivity index is 3.22. The summed E-state index contributed by atoms with van der Waals surface area (Å²) < 4.78 is 25.0.